The molecular formula is C11H13NO. The molecule has 68 valence electrons. The van der Waals surface area contributed by atoms with Gasteiger partial charge in [0.15, 0.2) is 5.89 Å². The predicted molar refractivity (Wildman–Crippen MR) is 52.4 cm³/mol. The van der Waals surface area contributed by atoms with Gasteiger partial charge in [0.05, 0.1) is 6.20 Å². The van der Waals surface area contributed by atoms with Crippen molar-refractivity contribution in [1.29, 1.82) is 0 Å². The molecule has 0 unspecified atom stereocenters. The third-order valence-corrected chi connectivity index (χ3v) is 1.50. The van der Waals surface area contributed by atoms with Gasteiger partial charge in [0, 0.05) is 6.92 Å². The van der Waals surface area contributed by atoms with Crippen molar-refractivity contribution < 1.29 is 4.42 Å². The standard InChI is InChI=1S/C7H8.C4H5NO/c1-7-5-3-2-4-6-7;1-4-5-2-3-6-4/h2-6H,1H3;2-3H,1H3. The fraction of sp³-hybridized carbons (Fsp3) is 0.182. The lowest BCUT2D eigenvalue weighted by molar-refractivity contribution is 0.521. The van der Waals surface area contributed by atoms with Gasteiger partial charge in [-0.3, -0.25) is 0 Å². The zero-order chi connectivity index (χ0) is 9.52. The molecule has 1 aromatic heterocycles. The van der Waals surface area contributed by atoms with E-state index in [1.54, 1.807) is 19.4 Å². The summed E-state index contributed by atoms with van der Waals surface area (Å²) in [5.74, 6) is 0.718. The van der Waals surface area contributed by atoms with Crippen LogP contribution in [0.3, 0.4) is 0 Å². The van der Waals surface area contributed by atoms with Crippen LogP contribution >= 0.6 is 0 Å². The van der Waals surface area contributed by atoms with Crippen molar-refractivity contribution in [2.45, 2.75) is 13.8 Å². The van der Waals surface area contributed by atoms with Crippen molar-refractivity contribution in [3.8, 4) is 0 Å². The maximum absolute atomic E-state index is 4.72. The third-order valence-electron chi connectivity index (χ3n) is 1.50. The molecule has 0 aliphatic rings. The molecule has 0 amide bonds. The number of hydrogen-bond acceptors (Lipinski definition) is 2. The fourth-order valence-electron chi connectivity index (χ4n) is 0.829. The van der Waals surface area contributed by atoms with Gasteiger partial charge >= 0.3 is 0 Å². The number of aryl methyl sites for hydroxylation is 2. The monoisotopic (exact) mass is 175 g/mol. The third kappa shape index (κ3) is 4.11. The quantitative estimate of drug-likeness (QED) is 0.615. The van der Waals surface area contributed by atoms with E-state index in [-0.39, 0.29) is 0 Å². The summed E-state index contributed by atoms with van der Waals surface area (Å²) in [6, 6.07) is 10.3. The lowest BCUT2D eigenvalue weighted by Crippen LogP contribution is -1.62. The van der Waals surface area contributed by atoms with Gasteiger partial charge in [0.2, 0.25) is 0 Å². The molecule has 0 N–H and O–H groups in total. The molecule has 0 saturated heterocycles. The van der Waals surface area contributed by atoms with Gasteiger partial charge in [-0.2, -0.15) is 0 Å². The molecule has 1 aromatic carbocycles. The Morgan fingerprint density at radius 2 is 1.77 bits per heavy atom. The lowest BCUT2D eigenvalue weighted by atomic mass is 10.2. The SMILES string of the molecule is Cc1ccccc1.Cc1ncco1. The summed E-state index contributed by atoms with van der Waals surface area (Å²) >= 11 is 0. The maximum Gasteiger partial charge on any atom is 0.190 e. The summed E-state index contributed by atoms with van der Waals surface area (Å²) in [6.07, 6.45) is 3.17. The number of hydrogen-bond donors (Lipinski definition) is 0. The molecule has 0 radical (unpaired) electrons. The van der Waals surface area contributed by atoms with Crippen LogP contribution < -0.4 is 0 Å². The number of nitrogens with zero attached hydrogens (tertiary/aromatic N) is 1. The first-order valence-electron chi connectivity index (χ1n) is 4.17. The Morgan fingerprint density at radius 1 is 1.08 bits per heavy atom. The Bertz CT molecular complexity index is 313. The largest absolute Gasteiger partial charge is 0.449 e. The van der Waals surface area contributed by atoms with E-state index in [1.807, 2.05) is 18.2 Å². The van der Waals surface area contributed by atoms with E-state index in [9.17, 15) is 0 Å². The predicted octanol–water partition coefficient (Wildman–Crippen LogP) is 2.98. The van der Waals surface area contributed by atoms with E-state index in [0.29, 0.717) is 0 Å². The minimum Gasteiger partial charge on any atom is -0.449 e. The molecule has 2 rings (SSSR count). The molecule has 13 heavy (non-hydrogen) atoms. The van der Waals surface area contributed by atoms with Gasteiger partial charge in [0.1, 0.15) is 6.26 Å². The summed E-state index contributed by atoms with van der Waals surface area (Å²) in [6.45, 7) is 3.89. The van der Waals surface area contributed by atoms with Crippen LogP contribution in [-0.2, 0) is 0 Å². The fourth-order valence-corrected chi connectivity index (χ4v) is 0.829. The summed E-state index contributed by atoms with van der Waals surface area (Å²) in [7, 11) is 0. The number of benzene rings is 1. The maximum atomic E-state index is 4.72. The van der Waals surface area contributed by atoms with E-state index in [4.69, 9.17) is 4.42 Å². The van der Waals surface area contributed by atoms with Crippen LogP contribution in [0.5, 0.6) is 0 Å². The number of oxazole rings is 1. The van der Waals surface area contributed by atoms with E-state index in [0.717, 1.165) is 5.89 Å². The first-order chi connectivity index (χ1) is 6.29. The summed E-state index contributed by atoms with van der Waals surface area (Å²) < 4.78 is 4.72. The van der Waals surface area contributed by atoms with E-state index in [2.05, 4.69) is 24.0 Å². The van der Waals surface area contributed by atoms with Gasteiger partial charge in [-0.15, -0.1) is 0 Å². The molecule has 0 spiro atoms. The topological polar surface area (TPSA) is 26.0 Å². The first kappa shape index (κ1) is 9.52. The van der Waals surface area contributed by atoms with Crippen LogP contribution in [0.2, 0.25) is 0 Å². The molecule has 2 nitrogen and oxygen atoms in total. The zero-order valence-corrected chi connectivity index (χ0v) is 7.90. The summed E-state index contributed by atoms with van der Waals surface area (Å²) in [5.41, 5.74) is 1.32. The van der Waals surface area contributed by atoms with Crippen LogP contribution in [0.4, 0.5) is 0 Å². The molecule has 2 heteroatoms. The molecular weight excluding hydrogens is 162 g/mol. The first-order valence-corrected chi connectivity index (χ1v) is 4.17. The van der Waals surface area contributed by atoms with Gasteiger partial charge in [-0.25, -0.2) is 4.98 Å². The zero-order valence-electron chi connectivity index (χ0n) is 7.90. The van der Waals surface area contributed by atoms with Gasteiger partial charge in [0.25, 0.3) is 0 Å². The average molecular weight is 175 g/mol. The lowest BCUT2D eigenvalue weighted by Gasteiger charge is -1.82. The number of aromatic nitrogens is 1. The summed E-state index contributed by atoms with van der Waals surface area (Å²) in [4.78, 5) is 3.75. The van der Waals surface area contributed by atoms with Crippen LogP contribution in [0.25, 0.3) is 0 Å². The van der Waals surface area contributed by atoms with Crippen molar-refractivity contribution in [2.24, 2.45) is 0 Å². The highest BCUT2D eigenvalue weighted by Crippen LogP contribution is 1.92. The Labute approximate surface area is 78.2 Å². The number of rotatable bonds is 0. The Hall–Kier alpha value is -1.57. The van der Waals surface area contributed by atoms with Crippen molar-refractivity contribution in [3.63, 3.8) is 0 Å². The molecule has 0 saturated carbocycles. The van der Waals surface area contributed by atoms with Crippen molar-refractivity contribution in [1.82, 2.24) is 4.98 Å². The molecule has 2 aromatic rings. The normalized spacial score (nSPS) is 8.77. The highest BCUT2D eigenvalue weighted by atomic mass is 16.3. The Morgan fingerprint density at radius 3 is 2.00 bits per heavy atom. The second-order valence-corrected chi connectivity index (χ2v) is 2.71. The second kappa shape index (κ2) is 5.14. The smallest absolute Gasteiger partial charge is 0.190 e. The van der Waals surface area contributed by atoms with Gasteiger partial charge < -0.3 is 4.42 Å². The van der Waals surface area contributed by atoms with E-state index < -0.39 is 0 Å². The van der Waals surface area contributed by atoms with Crippen LogP contribution in [0.15, 0.2) is 47.2 Å². The van der Waals surface area contributed by atoms with Crippen molar-refractivity contribution >= 4 is 0 Å². The van der Waals surface area contributed by atoms with Crippen molar-refractivity contribution in [2.75, 3.05) is 0 Å². The highest BCUT2D eigenvalue weighted by molar-refractivity contribution is 5.11. The summed E-state index contributed by atoms with van der Waals surface area (Å²) in [5, 5.41) is 0. The van der Waals surface area contributed by atoms with Crippen LogP contribution in [-0.4, -0.2) is 4.98 Å². The molecule has 1 heterocycles. The van der Waals surface area contributed by atoms with Gasteiger partial charge in [-0.05, 0) is 6.92 Å². The van der Waals surface area contributed by atoms with E-state index in [1.165, 1.54) is 5.56 Å². The molecule has 0 aliphatic heterocycles. The molecule has 0 bridgehead atoms. The van der Waals surface area contributed by atoms with E-state index >= 15 is 0 Å². The van der Waals surface area contributed by atoms with Crippen LogP contribution in [0.1, 0.15) is 11.5 Å². The van der Waals surface area contributed by atoms with Crippen molar-refractivity contribution in [3.05, 3.63) is 54.2 Å². The molecule has 0 aliphatic carbocycles. The Kier molecular flexibility index (Phi) is 3.76. The minimum absolute atomic E-state index is 0.718. The highest BCUT2D eigenvalue weighted by Gasteiger charge is 1.77. The van der Waals surface area contributed by atoms with Gasteiger partial charge in [-0.1, -0.05) is 35.9 Å². The van der Waals surface area contributed by atoms with Crippen LogP contribution in [0, 0.1) is 13.8 Å². The second-order valence-electron chi connectivity index (χ2n) is 2.71. The minimum atomic E-state index is 0.718. The Balaban J connectivity index is 0.000000132. The molecule has 0 atom stereocenters. The molecule has 0 fully saturated rings. The average Bonchev–Trinajstić information content (AvgIpc) is 2.58.